The number of nitrogens with one attached hydrogen (secondary N) is 1. The lowest BCUT2D eigenvalue weighted by Gasteiger charge is -2.06. The van der Waals surface area contributed by atoms with Crippen LogP contribution in [-0.4, -0.2) is 26.3 Å². The first-order chi connectivity index (χ1) is 9.30. The first-order valence-electron chi connectivity index (χ1n) is 6.05. The van der Waals surface area contributed by atoms with Crippen molar-refractivity contribution in [2.45, 2.75) is 13.8 Å². The molecule has 0 spiro atoms. The van der Waals surface area contributed by atoms with Gasteiger partial charge in [0.25, 0.3) is 0 Å². The summed E-state index contributed by atoms with van der Waals surface area (Å²) in [7, 11) is -1.86. The predicted octanol–water partition coefficient (Wildman–Crippen LogP) is 2.28. The van der Waals surface area contributed by atoms with Gasteiger partial charge in [0.1, 0.15) is 11.3 Å². The summed E-state index contributed by atoms with van der Waals surface area (Å²) in [5.41, 5.74) is 6.92. The molecule has 0 radical (unpaired) electrons. The molecule has 6 nitrogen and oxygen atoms in total. The van der Waals surface area contributed by atoms with E-state index >= 15 is 0 Å². The number of nitrogen functional groups attached to an aromatic ring is 1. The number of benzene rings is 1. The highest BCUT2D eigenvalue weighted by atomic mass is 32.2. The van der Waals surface area contributed by atoms with Crippen molar-refractivity contribution in [1.29, 1.82) is 0 Å². The van der Waals surface area contributed by atoms with E-state index < -0.39 is 10.0 Å². The zero-order valence-corrected chi connectivity index (χ0v) is 13.1. The number of aromatic nitrogens is 1. The van der Waals surface area contributed by atoms with Crippen LogP contribution in [0.3, 0.4) is 0 Å². The van der Waals surface area contributed by atoms with E-state index in [-0.39, 0.29) is 11.7 Å². The number of rotatable bonds is 5. The lowest BCUT2D eigenvalue weighted by Crippen LogP contribution is -2.19. The maximum Gasteiger partial charge on any atom is 0.234 e. The maximum atomic E-state index is 11.9. The number of methoxy groups -OCH3 is 1. The fourth-order valence-corrected chi connectivity index (χ4v) is 4.44. The highest BCUT2D eigenvalue weighted by molar-refractivity contribution is 7.92. The fraction of sp³-hybridized carbons (Fsp3) is 0.417. The topological polar surface area (TPSA) is 94.3 Å². The van der Waals surface area contributed by atoms with Gasteiger partial charge in [-0.2, -0.15) is 0 Å². The molecule has 0 aliphatic heterocycles. The van der Waals surface area contributed by atoms with Gasteiger partial charge in [0.15, 0.2) is 5.13 Å². The van der Waals surface area contributed by atoms with Crippen LogP contribution in [0.2, 0.25) is 0 Å². The molecule has 0 bridgehead atoms. The zero-order valence-electron chi connectivity index (χ0n) is 11.5. The van der Waals surface area contributed by atoms with Crippen LogP contribution in [-0.2, 0) is 10.0 Å². The van der Waals surface area contributed by atoms with Crippen molar-refractivity contribution in [3.63, 3.8) is 0 Å². The van der Waals surface area contributed by atoms with E-state index in [0.29, 0.717) is 22.1 Å². The number of thiazole rings is 1. The fourth-order valence-electron chi connectivity index (χ4n) is 1.83. The molecule has 0 fully saturated rings. The van der Waals surface area contributed by atoms with Gasteiger partial charge in [-0.05, 0) is 12.0 Å². The van der Waals surface area contributed by atoms with Crippen molar-refractivity contribution >= 4 is 42.4 Å². The molecule has 2 rings (SSSR count). The lowest BCUT2D eigenvalue weighted by molar-refractivity contribution is 0.419. The molecule has 0 saturated heterocycles. The standard InChI is InChI=1S/C12H17N3O3S2/c1-7(2)6-20(16,17)15-12-14-11-9(18-3)4-8(13)5-10(11)19-12/h4-5,7H,6,13H2,1-3H3,(H,14,15). The molecule has 0 saturated carbocycles. The number of sulfonamides is 1. The number of anilines is 2. The van der Waals surface area contributed by atoms with Gasteiger partial charge in [0, 0.05) is 11.8 Å². The minimum absolute atomic E-state index is 0.0482. The number of hydrogen-bond donors (Lipinski definition) is 2. The summed E-state index contributed by atoms with van der Waals surface area (Å²) in [5.74, 6) is 0.639. The second-order valence-electron chi connectivity index (χ2n) is 4.87. The number of ether oxygens (including phenoxy) is 1. The van der Waals surface area contributed by atoms with Crippen molar-refractivity contribution in [3.8, 4) is 5.75 Å². The summed E-state index contributed by atoms with van der Waals surface area (Å²) in [6.07, 6.45) is 0. The molecule has 110 valence electrons. The molecule has 0 amide bonds. The maximum absolute atomic E-state index is 11.9. The summed E-state index contributed by atoms with van der Waals surface area (Å²) in [4.78, 5) is 4.26. The van der Waals surface area contributed by atoms with E-state index in [4.69, 9.17) is 10.5 Å². The van der Waals surface area contributed by atoms with Crippen molar-refractivity contribution in [2.24, 2.45) is 5.92 Å². The van der Waals surface area contributed by atoms with Crippen molar-refractivity contribution < 1.29 is 13.2 Å². The second kappa shape index (κ2) is 5.45. The molecule has 0 aliphatic carbocycles. The van der Waals surface area contributed by atoms with Crippen molar-refractivity contribution in [1.82, 2.24) is 4.98 Å². The van der Waals surface area contributed by atoms with Gasteiger partial charge in [-0.3, -0.25) is 4.72 Å². The van der Waals surface area contributed by atoms with Crippen LogP contribution in [0, 0.1) is 5.92 Å². The van der Waals surface area contributed by atoms with Crippen LogP contribution in [0.5, 0.6) is 5.75 Å². The van der Waals surface area contributed by atoms with E-state index in [1.807, 2.05) is 13.8 Å². The van der Waals surface area contributed by atoms with Crippen molar-refractivity contribution in [3.05, 3.63) is 12.1 Å². The molecule has 3 N–H and O–H groups in total. The number of fused-ring (bicyclic) bond motifs is 1. The normalized spacial score (nSPS) is 12.0. The van der Waals surface area contributed by atoms with E-state index in [0.717, 1.165) is 4.70 Å². The molecule has 0 aliphatic rings. The Bertz CT molecular complexity index is 723. The molecule has 8 heteroatoms. The van der Waals surface area contributed by atoms with Gasteiger partial charge in [0.2, 0.25) is 10.0 Å². The van der Waals surface area contributed by atoms with Gasteiger partial charge < -0.3 is 10.5 Å². The lowest BCUT2D eigenvalue weighted by atomic mass is 10.3. The Morgan fingerprint density at radius 2 is 2.15 bits per heavy atom. The van der Waals surface area contributed by atoms with Gasteiger partial charge in [-0.1, -0.05) is 25.2 Å². The largest absolute Gasteiger partial charge is 0.494 e. The summed E-state index contributed by atoms with van der Waals surface area (Å²) >= 11 is 1.23. The van der Waals surface area contributed by atoms with Crippen LogP contribution in [0.1, 0.15) is 13.8 Å². The number of nitrogens with zero attached hydrogens (tertiary/aromatic N) is 1. The Kier molecular flexibility index (Phi) is 4.05. The van der Waals surface area contributed by atoms with Crippen LogP contribution < -0.4 is 15.2 Å². The monoisotopic (exact) mass is 315 g/mol. The van der Waals surface area contributed by atoms with Gasteiger partial charge >= 0.3 is 0 Å². The molecular weight excluding hydrogens is 298 g/mol. The zero-order chi connectivity index (χ0) is 14.9. The first-order valence-corrected chi connectivity index (χ1v) is 8.52. The average molecular weight is 315 g/mol. The quantitative estimate of drug-likeness (QED) is 0.826. The van der Waals surface area contributed by atoms with Gasteiger partial charge in [-0.25, -0.2) is 13.4 Å². The molecule has 1 aromatic carbocycles. The average Bonchev–Trinajstić information content (AvgIpc) is 2.66. The molecule has 2 aromatic rings. The van der Waals surface area contributed by atoms with E-state index in [9.17, 15) is 8.42 Å². The van der Waals surface area contributed by atoms with Crippen LogP contribution in [0.4, 0.5) is 10.8 Å². The predicted molar refractivity (Wildman–Crippen MR) is 82.8 cm³/mol. The Labute approximate surface area is 122 Å². The molecule has 0 atom stereocenters. The highest BCUT2D eigenvalue weighted by Crippen LogP contribution is 2.34. The SMILES string of the molecule is COc1cc(N)cc2sc(NS(=O)(=O)CC(C)C)nc12. The summed E-state index contributed by atoms with van der Waals surface area (Å²) in [5, 5.41) is 0.324. The molecule has 1 aromatic heterocycles. The Morgan fingerprint density at radius 3 is 2.75 bits per heavy atom. The third-order valence-electron chi connectivity index (χ3n) is 2.50. The smallest absolute Gasteiger partial charge is 0.234 e. The number of nitrogens with two attached hydrogens (primary N) is 1. The summed E-state index contributed by atoms with van der Waals surface area (Å²) in [6.45, 7) is 3.70. The first kappa shape index (κ1) is 14.9. The summed E-state index contributed by atoms with van der Waals surface area (Å²) in [6, 6.07) is 3.41. The highest BCUT2D eigenvalue weighted by Gasteiger charge is 2.17. The van der Waals surface area contributed by atoms with Crippen LogP contribution in [0.25, 0.3) is 10.2 Å². The minimum Gasteiger partial charge on any atom is -0.494 e. The Hall–Kier alpha value is -1.54. The van der Waals surface area contributed by atoms with Crippen LogP contribution in [0.15, 0.2) is 12.1 Å². The third kappa shape index (κ3) is 3.31. The Balaban J connectivity index is 2.38. The Morgan fingerprint density at radius 1 is 1.45 bits per heavy atom. The minimum atomic E-state index is -3.39. The van der Waals surface area contributed by atoms with E-state index in [1.54, 1.807) is 12.1 Å². The third-order valence-corrected chi connectivity index (χ3v) is 5.15. The van der Waals surface area contributed by atoms with Crippen LogP contribution >= 0.6 is 11.3 Å². The second-order valence-corrected chi connectivity index (χ2v) is 7.66. The molecule has 20 heavy (non-hydrogen) atoms. The van der Waals surface area contributed by atoms with Gasteiger partial charge in [-0.15, -0.1) is 0 Å². The van der Waals surface area contributed by atoms with E-state index in [2.05, 4.69) is 9.71 Å². The summed E-state index contributed by atoms with van der Waals surface area (Å²) < 4.78 is 32.3. The molecule has 1 heterocycles. The van der Waals surface area contributed by atoms with Gasteiger partial charge in [0.05, 0.1) is 17.6 Å². The molecule has 0 unspecified atom stereocenters. The molecular formula is C12H17N3O3S2. The van der Waals surface area contributed by atoms with Crippen molar-refractivity contribution in [2.75, 3.05) is 23.3 Å². The van der Waals surface area contributed by atoms with E-state index in [1.165, 1.54) is 18.4 Å². The number of hydrogen-bond acceptors (Lipinski definition) is 6.